The summed E-state index contributed by atoms with van der Waals surface area (Å²) in [6.45, 7) is -2.91. The molecular weight excluding hydrogens is 414 g/mol. The number of ether oxygens (including phenoxy) is 1. The van der Waals surface area contributed by atoms with Crippen molar-refractivity contribution in [2.24, 2.45) is 5.92 Å². The Bertz CT molecular complexity index is 801. The van der Waals surface area contributed by atoms with Crippen LogP contribution in [0.4, 0.5) is 8.78 Å². The zero-order valence-electron chi connectivity index (χ0n) is 15.7. The molecule has 0 bridgehead atoms. The lowest BCUT2D eigenvalue weighted by atomic mass is 10.2. The molecule has 29 heavy (non-hydrogen) atoms. The summed E-state index contributed by atoms with van der Waals surface area (Å²) < 4.78 is 29.6. The third-order valence-electron chi connectivity index (χ3n) is 3.91. The van der Waals surface area contributed by atoms with Gasteiger partial charge in [0.05, 0.1) is 12.0 Å². The van der Waals surface area contributed by atoms with E-state index in [-0.39, 0.29) is 24.1 Å². The van der Waals surface area contributed by atoms with Crippen molar-refractivity contribution in [1.82, 2.24) is 5.32 Å². The predicted molar refractivity (Wildman–Crippen MR) is 114 cm³/mol. The number of nitriles is 1. The van der Waals surface area contributed by atoms with E-state index < -0.39 is 6.61 Å². The standard InChI is InChI=1S/C21H22F2N2O2S2/c22-21(23)27-19-9-5-4-8-17(19)13-29-15-18(20(26)25-11-10-24)14-28-12-16-6-2-1-3-7-16/h1-9,18,21H,11-15H2,(H,25,26). The molecule has 1 amide bonds. The molecule has 0 saturated heterocycles. The predicted octanol–water partition coefficient (Wildman–Crippen LogP) is 4.71. The van der Waals surface area contributed by atoms with E-state index in [4.69, 9.17) is 5.26 Å². The van der Waals surface area contributed by atoms with Crippen LogP contribution in [0.1, 0.15) is 11.1 Å². The molecule has 0 heterocycles. The summed E-state index contributed by atoms with van der Waals surface area (Å²) in [5.41, 5.74) is 1.84. The molecule has 154 valence electrons. The minimum Gasteiger partial charge on any atom is -0.435 e. The molecule has 0 radical (unpaired) electrons. The number of thioether (sulfide) groups is 2. The maximum Gasteiger partial charge on any atom is 0.387 e. The molecule has 0 aliphatic carbocycles. The molecule has 0 saturated carbocycles. The SMILES string of the molecule is N#CCNC(=O)C(CSCc1ccccc1)CSCc1ccccc1OC(F)F. The third-order valence-corrected chi connectivity index (χ3v) is 6.24. The van der Waals surface area contributed by atoms with E-state index in [1.54, 1.807) is 30.0 Å². The van der Waals surface area contributed by atoms with Crippen molar-refractivity contribution in [3.8, 4) is 11.8 Å². The van der Waals surface area contributed by atoms with Crippen molar-refractivity contribution >= 4 is 29.4 Å². The molecule has 0 fully saturated rings. The van der Waals surface area contributed by atoms with Gasteiger partial charge >= 0.3 is 6.61 Å². The van der Waals surface area contributed by atoms with Crippen LogP contribution in [0.2, 0.25) is 0 Å². The number of amides is 1. The second kappa shape index (κ2) is 13.1. The highest BCUT2D eigenvalue weighted by atomic mass is 32.2. The van der Waals surface area contributed by atoms with E-state index in [9.17, 15) is 13.6 Å². The fraction of sp³-hybridized carbons (Fsp3) is 0.333. The summed E-state index contributed by atoms with van der Waals surface area (Å²) >= 11 is 3.13. The first-order chi connectivity index (χ1) is 14.1. The van der Waals surface area contributed by atoms with Gasteiger partial charge in [0.2, 0.25) is 5.91 Å². The number of para-hydroxylation sites is 1. The van der Waals surface area contributed by atoms with Gasteiger partial charge in [0, 0.05) is 28.6 Å². The summed E-state index contributed by atoms with van der Waals surface area (Å²) in [7, 11) is 0. The van der Waals surface area contributed by atoms with Gasteiger partial charge in [-0.25, -0.2) is 0 Å². The van der Waals surface area contributed by atoms with Gasteiger partial charge in [-0.1, -0.05) is 48.5 Å². The molecule has 0 spiro atoms. The van der Waals surface area contributed by atoms with Crippen LogP contribution < -0.4 is 10.1 Å². The smallest absolute Gasteiger partial charge is 0.387 e. The van der Waals surface area contributed by atoms with Crippen molar-refractivity contribution < 1.29 is 18.3 Å². The normalized spacial score (nSPS) is 11.7. The summed E-state index contributed by atoms with van der Waals surface area (Å²) in [5, 5.41) is 11.3. The summed E-state index contributed by atoms with van der Waals surface area (Å²) in [6, 6.07) is 18.5. The molecule has 1 atom stereocenters. The van der Waals surface area contributed by atoms with Crippen LogP contribution in [0.25, 0.3) is 0 Å². The lowest BCUT2D eigenvalue weighted by Crippen LogP contribution is -2.33. The highest BCUT2D eigenvalue weighted by molar-refractivity contribution is 7.99. The van der Waals surface area contributed by atoms with Crippen LogP contribution >= 0.6 is 23.5 Å². The molecular formula is C21H22F2N2O2S2. The Morgan fingerprint density at radius 3 is 2.38 bits per heavy atom. The lowest BCUT2D eigenvalue weighted by Gasteiger charge is -2.16. The van der Waals surface area contributed by atoms with Crippen LogP contribution in [0.15, 0.2) is 54.6 Å². The number of hydrogen-bond acceptors (Lipinski definition) is 5. The van der Waals surface area contributed by atoms with Crippen LogP contribution in [0.3, 0.4) is 0 Å². The monoisotopic (exact) mass is 436 g/mol. The Morgan fingerprint density at radius 1 is 1.03 bits per heavy atom. The van der Waals surface area contributed by atoms with Gasteiger partial charge in [-0.3, -0.25) is 4.79 Å². The number of carbonyl (C=O) groups excluding carboxylic acids is 1. The van der Waals surface area contributed by atoms with Crippen LogP contribution in [-0.4, -0.2) is 30.6 Å². The summed E-state index contributed by atoms with van der Waals surface area (Å²) in [4.78, 5) is 12.4. The quantitative estimate of drug-likeness (QED) is 0.488. The Hall–Kier alpha value is -2.24. The lowest BCUT2D eigenvalue weighted by molar-refractivity contribution is -0.123. The van der Waals surface area contributed by atoms with Crippen molar-refractivity contribution in [3.63, 3.8) is 0 Å². The number of benzene rings is 2. The van der Waals surface area contributed by atoms with Gasteiger partial charge in [-0.15, -0.1) is 0 Å². The van der Waals surface area contributed by atoms with E-state index >= 15 is 0 Å². The molecule has 0 aliphatic heterocycles. The van der Waals surface area contributed by atoms with Gasteiger partial charge in [0.1, 0.15) is 12.3 Å². The van der Waals surface area contributed by atoms with Gasteiger partial charge in [-0.2, -0.15) is 37.6 Å². The first kappa shape index (κ1) is 23.0. The van der Waals surface area contributed by atoms with E-state index in [1.165, 1.54) is 23.4 Å². The number of halogens is 2. The van der Waals surface area contributed by atoms with Crippen molar-refractivity contribution in [1.29, 1.82) is 5.26 Å². The summed E-state index contributed by atoms with van der Waals surface area (Å²) in [5.74, 6) is 2.06. The average Bonchev–Trinajstić information content (AvgIpc) is 2.72. The third kappa shape index (κ3) is 8.75. The molecule has 2 rings (SSSR count). The van der Waals surface area contributed by atoms with E-state index in [0.717, 1.165) is 5.75 Å². The van der Waals surface area contributed by atoms with E-state index in [1.807, 2.05) is 36.4 Å². The molecule has 2 aromatic carbocycles. The highest BCUT2D eigenvalue weighted by Crippen LogP contribution is 2.27. The van der Waals surface area contributed by atoms with Gasteiger partial charge in [0.15, 0.2) is 0 Å². The Labute approximate surface area is 178 Å². The largest absolute Gasteiger partial charge is 0.435 e. The maximum absolute atomic E-state index is 12.5. The van der Waals surface area contributed by atoms with E-state index in [0.29, 0.717) is 22.8 Å². The van der Waals surface area contributed by atoms with Gasteiger partial charge < -0.3 is 10.1 Å². The second-order valence-electron chi connectivity index (χ2n) is 6.07. The number of nitrogens with one attached hydrogen (secondary N) is 1. The molecule has 4 nitrogen and oxygen atoms in total. The molecule has 8 heteroatoms. The molecule has 2 aromatic rings. The number of nitrogens with zero attached hydrogens (tertiary/aromatic N) is 1. The molecule has 0 aliphatic rings. The van der Waals surface area contributed by atoms with Crippen LogP contribution in [0.5, 0.6) is 5.75 Å². The minimum absolute atomic E-state index is 0.0333. The zero-order chi connectivity index (χ0) is 20.9. The highest BCUT2D eigenvalue weighted by Gasteiger charge is 2.19. The van der Waals surface area contributed by atoms with Crippen molar-refractivity contribution in [2.75, 3.05) is 18.1 Å². The average molecular weight is 437 g/mol. The number of rotatable bonds is 12. The molecule has 0 aromatic heterocycles. The fourth-order valence-corrected chi connectivity index (χ4v) is 4.89. The number of alkyl halides is 2. The molecule has 1 unspecified atom stereocenters. The first-order valence-corrected chi connectivity index (χ1v) is 11.3. The minimum atomic E-state index is -2.87. The zero-order valence-corrected chi connectivity index (χ0v) is 17.4. The Morgan fingerprint density at radius 2 is 1.69 bits per heavy atom. The van der Waals surface area contributed by atoms with Crippen molar-refractivity contribution in [3.05, 3.63) is 65.7 Å². The van der Waals surface area contributed by atoms with Crippen LogP contribution in [-0.2, 0) is 16.3 Å². The number of hydrogen-bond donors (Lipinski definition) is 1. The maximum atomic E-state index is 12.5. The van der Waals surface area contributed by atoms with Gasteiger partial charge in [-0.05, 0) is 11.6 Å². The van der Waals surface area contributed by atoms with E-state index in [2.05, 4.69) is 10.1 Å². The topological polar surface area (TPSA) is 62.1 Å². The Kier molecular flexibility index (Phi) is 10.4. The second-order valence-corrected chi connectivity index (χ2v) is 8.14. The van der Waals surface area contributed by atoms with Gasteiger partial charge in [0.25, 0.3) is 0 Å². The summed E-state index contributed by atoms with van der Waals surface area (Å²) in [6.07, 6.45) is 0. The number of carbonyl (C=O) groups is 1. The first-order valence-electron chi connectivity index (χ1n) is 8.97. The Balaban J connectivity index is 1.90. The molecule has 1 N–H and O–H groups in total. The fourth-order valence-electron chi connectivity index (χ4n) is 2.51. The van der Waals surface area contributed by atoms with Crippen LogP contribution in [0, 0.1) is 17.2 Å². The van der Waals surface area contributed by atoms with Crippen molar-refractivity contribution in [2.45, 2.75) is 18.1 Å².